The minimum atomic E-state index is -0.107. The van der Waals surface area contributed by atoms with Gasteiger partial charge in [-0.1, -0.05) is 60.7 Å². The average Bonchev–Trinajstić information content (AvgIpc) is 3.24. The minimum Gasteiger partial charge on any atom is -0.277 e. The van der Waals surface area contributed by atoms with Gasteiger partial charge in [0.1, 0.15) is 0 Å². The highest BCUT2D eigenvalue weighted by atomic mass is 16.1. The Labute approximate surface area is 168 Å². The van der Waals surface area contributed by atoms with E-state index in [0.717, 1.165) is 39.8 Å². The Kier molecular flexibility index (Phi) is 4.33. The highest BCUT2D eigenvalue weighted by Crippen LogP contribution is 2.33. The number of hydrogen-bond acceptors (Lipinski definition) is 4. The molecule has 5 heteroatoms. The molecule has 140 valence electrons. The molecule has 0 aliphatic carbocycles. The minimum absolute atomic E-state index is 0.107. The van der Waals surface area contributed by atoms with Gasteiger partial charge in [-0.2, -0.15) is 5.10 Å². The van der Waals surface area contributed by atoms with E-state index >= 15 is 0 Å². The van der Waals surface area contributed by atoms with Crippen molar-refractivity contribution in [2.75, 3.05) is 0 Å². The third kappa shape index (κ3) is 3.27. The molecular formula is C24H18N4O. The summed E-state index contributed by atoms with van der Waals surface area (Å²) >= 11 is 0. The summed E-state index contributed by atoms with van der Waals surface area (Å²) < 4.78 is 0. The van der Waals surface area contributed by atoms with Gasteiger partial charge in [-0.15, -0.1) is 0 Å². The number of aromatic nitrogens is 2. The van der Waals surface area contributed by atoms with Gasteiger partial charge in [-0.25, -0.2) is 5.01 Å². The van der Waals surface area contributed by atoms with Crippen LogP contribution in [0.5, 0.6) is 0 Å². The van der Waals surface area contributed by atoms with E-state index in [4.69, 9.17) is 0 Å². The summed E-state index contributed by atoms with van der Waals surface area (Å²) in [5, 5.41) is 6.06. The summed E-state index contributed by atoms with van der Waals surface area (Å²) in [7, 11) is 0. The third-order valence-corrected chi connectivity index (χ3v) is 5.26. The molecule has 1 unspecified atom stereocenters. The van der Waals surface area contributed by atoms with Gasteiger partial charge in [0, 0.05) is 24.4 Å². The number of hydrazone groups is 1. The number of nitrogens with zero attached hydrogens (tertiary/aromatic N) is 4. The Balaban J connectivity index is 1.42. The summed E-state index contributed by atoms with van der Waals surface area (Å²) in [6.45, 7) is 0. The molecule has 0 spiro atoms. The third-order valence-electron chi connectivity index (χ3n) is 5.26. The maximum absolute atomic E-state index is 11.7. The van der Waals surface area contributed by atoms with Gasteiger partial charge in [0.05, 0.1) is 22.8 Å². The van der Waals surface area contributed by atoms with Crippen molar-refractivity contribution in [3.05, 3.63) is 96.3 Å². The first kappa shape index (κ1) is 17.3. The molecule has 0 bridgehead atoms. The lowest BCUT2D eigenvalue weighted by molar-refractivity contribution is -0.119. The molecule has 0 radical (unpaired) electrons. The molecule has 1 amide bonds. The standard InChI is InChI=1S/C24H18N4O/c29-16-28-24(19-8-6-18(7-9-19)17-4-2-1-3-5-17)15-22(27-28)20-10-11-21-23(14-20)26-13-12-25-21/h1-14,16,24H,15H2. The van der Waals surface area contributed by atoms with Gasteiger partial charge in [0.25, 0.3) is 0 Å². The van der Waals surface area contributed by atoms with Crippen molar-refractivity contribution < 1.29 is 4.79 Å². The lowest BCUT2D eigenvalue weighted by atomic mass is 9.96. The van der Waals surface area contributed by atoms with Crippen LogP contribution in [0.15, 0.2) is 90.3 Å². The molecule has 29 heavy (non-hydrogen) atoms. The first-order valence-corrected chi connectivity index (χ1v) is 9.49. The molecule has 5 nitrogen and oxygen atoms in total. The molecule has 0 fully saturated rings. The summed E-state index contributed by atoms with van der Waals surface area (Å²) in [5.41, 5.74) is 6.90. The van der Waals surface area contributed by atoms with Gasteiger partial charge in [-0.3, -0.25) is 14.8 Å². The van der Waals surface area contributed by atoms with Gasteiger partial charge in [0.2, 0.25) is 6.41 Å². The molecule has 0 N–H and O–H groups in total. The number of fused-ring (bicyclic) bond motifs is 1. The fourth-order valence-corrected chi connectivity index (χ4v) is 3.74. The maximum Gasteiger partial charge on any atom is 0.230 e. The highest BCUT2D eigenvalue weighted by Gasteiger charge is 2.28. The van der Waals surface area contributed by atoms with Crippen LogP contribution in [0.2, 0.25) is 0 Å². The molecular weight excluding hydrogens is 360 g/mol. The molecule has 1 atom stereocenters. The SMILES string of the molecule is O=CN1N=C(c2ccc3nccnc3c2)CC1c1ccc(-c2ccccc2)cc1. The number of carbonyl (C=O) groups is 1. The van der Waals surface area contributed by atoms with E-state index in [0.29, 0.717) is 6.42 Å². The van der Waals surface area contributed by atoms with Crippen LogP contribution >= 0.6 is 0 Å². The highest BCUT2D eigenvalue weighted by molar-refractivity contribution is 6.04. The zero-order chi connectivity index (χ0) is 19.6. The Bertz CT molecular complexity index is 1200. The predicted molar refractivity (Wildman–Crippen MR) is 113 cm³/mol. The number of amides is 1. The van der Waals surface area contributed by atoms with Gasteiger partial charge in [0.15, 0.2) is 0 Å². The van der Waals surface area contributed by atoms with Crippen LogP contribution in [0.3, 0.4) is 0 Å². The van der Waals surface area contributed by atoms with Crippen molar-refractivity contribution in [1.29, 1.82) is 0 Å². The molecule has 1 aliphatic rings. The topological polar surface area (TPSA) is 58.5 Å². The molecule has 2 heterocycles. The van der Waals surface area contributed by atoms with Gasteiger partial charge in [-0.05, 0) is 28.8 Å². The van der Waals surface area contributed by atoms with E-state index < -0.39 is 0 Å². The molecule has 3 aromatic carbocycles. The largest absolute Gasteiger partial charge is 0.277 e. The fourth-order valence-electron chi connectivity index (χ4n) is 3.74. The fraction of sp³-hybridized carbons (Fsp3) is 0.0833. The second-order valence-electron chi connectivity index (χ2n) is 7.00. The first-order chi connectivity index (χ1) is 14.3. The Morgan fingerprint density at radius 3 is 2.24 bits per heavy atom. The lowest BCUT2D eigenvalue weighted by Gasteiger charge is -2.17. The van der Waals surface area contributed by atoms with Crippen LogP contribution in [-0.2, 0) is 4.79 Å². The molecule has 1 aliphatic heterocycles. The number of benzene rings is 3. The maximum atomic E-state index is 11.7. The monoisotopic (exact) mass is 378 g/mol. The van der Waals surface area contributed by atoms with E-state index in [1.807, 2.05) is 36.4 Å². The Hall–Kier alpha value is -3.86. The van der Waals surface area contributed by atoms with Crippen molar-refractivity contribution in [2.24, 2.45) is 5.10 Å². The van der Waals surface area contributed by atoms with E-state index in [1.165, 1.54) is 10.6 Å². The van der Waals surface area contributed by atoms with Crippen molar-refractivity contribution in [3.8, 4) is 11.1 Å². The second-order valence-corrected chi connectivity index (χ2v) is 7.00. The quantitative estimate of drug-likeness (QED) is 0.488. The average molecular weight is 378 g/mol. The van der Waals surface area contributed by atoms with Crippen molar-refractivity contribution >= 4 is 23.2 Å². The van der Waals surface area contributed by atoms with Crippen LogP contribution in [-0.4, -0.2) is 27.1 Å². The predicted octanol–water partition coefficient (Wildman–Crippen LogP) is 4.60. The number of rotatable bonds is 4. The van der Waals surface area contributed by atoms with Crippen molar-refractivity contribution in [3.63, 3.8) is 0 Å². The normalized spacial score (nSPS) is 16.1. The van der Waals surface area contributed by atoms with E-state index in [9.17, 15) is 4.79 Å². The molecule has 0 saturated heterocycles. The zero-order valence-corrected chi connectivity index (χ0v) is 15.6. The number of hydrogen-bond donors (Lipinski definition) is 0. The van der Waals surface area contributed by atoms with Crippen molar-refractivity contribution in [1.82, 2.24) is 15.0 Å². The van der Waals surface area contributed by atoms with E-state index in [-0.39, 0.29) is 6.04 Å². The van der Waals surface area contributed by atoms with E-state index in [1.54, 1.807) is 12.4 Å². The Morgan fingerprint density at radius 1 is 0.793 bits per heavy atom. The van der Waals surface area contributed by atoms with Gasteiger partial charge < -0.3 is 0 Å². The molecule has 5 rings (SSSR count). The summed E-state index contributed by atoms with van der Waals surface area (Å²) in [5.74, 6) is 0. The summed E-state index contributed by atoms with van der Waals surface area (Å²) in [6, 6.07) is 24.4. The van der Waals surface area contributed by atoms with Crippen LogP contribution in [0.25, 0.3) is 22.2 Å². The van der Waals surface area contributed by atoms with Crippen LogP contribution in [0, 0.1) is 0 Å². The molecule has 4 aromatic rings. The molecule has 0 saturated carbocycles. The molecule has 1 aromatic heterocycles. The summed E-state index contributed by atoms with van der Waals surface area (Å²) in [4.78, 5) is 20.3. The lowest BCUT2D eigenvalue weighted by Crippen LogP contribution is -2.17. The Morgan fingerprint density at radius 2 is 1.48 bits per heavy atom. The van der Waals surface area contributed by atoms with Gasteiger partial charge >= 0.3 is 0 Å². The summed E-state index contributed by atoms with van der Waals surface area (Å²) in [6.07, 6.45) is 4.81. The smallest absolute Gasteiger partial charge is 0.230 e. The van der Waals surface area contributed by atoms with Crippen LogP contribution in [0.1, 0.15) is 23.6 Å². The van der Waals surface area contributed by atoms with E-state index in [2.05, 4.69) is 51.5 Å². The van der Waals surface area contributed by atoms with Crippen molar-refractivity contribution in [2.45, 2.75) is 12.5 Å². The van der Waals surface area contributed by atoms with Crippen LogP contribution in [0.4, 0.5) is 0 Å². The first-order valence-electron chi connectivity index (χ1n) is 9.49. The zero-order valence-electron chi connectivity index (χ0n) is 15.6. The number of carbonyl (C=O) groups excluding carboxylic acids is 1. The second kappa shape index (κ2) is 7.28. The van der Waals surface area contributed by atoms with Crippen LogP contribution < -0.4 is 0 Å².